The monoisotopic (exact) mass is 176 g/mol. The van der Waals surface area contributed by atoms with Crippen molar-refractivity contribution in [3.8, 4) is 5.75 Å². The summed E-state index contributed by atoms with van der Waals surface area (Å²) in [5.41, 5.74) is 1.05. The molecule has 1 aromatic rings. The Bertz CT molecular complexity index is 229. The van der Waals surface area contributed by atoms with Crippen LogP contribution in [0.25, 0.3) is 0 Å². The second-order valence-electron chi connectivity index (χ2n) is 1.95. The van der Waals surface area contributed by atoms with Gasteiger partial charge in [0.1, 0.15) is 13.6 Å². The molecule has 0 aliphatic carbocycles. The number of phenolic OH excluding ortho intramolecular Hbond substituents is 1. The Hall–Kier alpha value is -0.705. The zero-order valence-electron chi connectivity index (χ0n) is 6.06. The fraction of sp³-hybridized carbons (Fsp3) is 0. The molecule has 0 unspecified atom stereocenters. The van der Waals surface area contributed by atoms with Gasteiger partial charge in [-0.15, -0.1) is 0 Å². The van der Waals surface area contributed by atoms with Crippen molar-refractivity contribution < 1.29 is 16.1 Å². The van der Waals surface area contributed by atoms with E-state index in [-0.39, 0.29) is 16.7 Å². The summed E-state index contributed by atoms with van der Waals surface area (Å²) < 4.78 is 0. The molecule has 5 N–H and O–H groups in total. The summed E-state index contributed by atoms with van der Waals surface area (Å²) in [5, 5.41) is 9.32. The molecule has 0 radical (unpaired) electrons. The third kappa shape index (κ3) is 3.27. The molecule has 0 saturated heterocycles. The fourth-order valence-electron chi connectivity index (χ4n) is 0.612. The van der Waals surface area contributed by atoms with Gasteiger partial charge in [0, 0.05) is 0 Å². The molecule has 0 aliphatic rings. The minimum Gasteiger partial charge on any atom is -0.506 e. The summed E-state index contributed by atoms with van der Waals surface area (Å²) >= 11 is 5.56. The summed E-state index contributed by atoms with van der Waals surface area (Å²) in [4.78, 5) is 0. The summed E-state index contributed by atoms with van der Waals surface area (Å²) in [6.07, 6.45) is 0. The molecule has 0 heterocycles. The maximum atomic E-state index is 8.91. The van der Waals surface area contributed by atoms with E-state index in [1.807, 2.05) is 7.85 Å². The molecule has 0 aliphatic heterocycles. The van der Waals surface area contributed by atoms with Crippen molar-refractivity contribution in [2.45, 2.75) is 0 Å². The maximum Gasteiger partial charge on any atom is 0.139 e. The Labute approximate surface area is 70.6 Å². The van der Waals surface area contributed by atoms with E-state index >= 15 is 0 Å². The molecule has 1 aromatic carbocycles. The Balaban J connectivity index is 0. The van der Waals surface area contributed by atoms with Crippen LogP contribution in [0.1, 0.15) is 0 Å². The average molecular weight is 176 g/mol. The topological polar surface area (TPSA) is 83.2 Å². The van der Waals surface area contributed by atoms with Crippen LogP contribution in [-0.4, -0.2) is 23.9 Å². The number of phenols is 1. The number of benzene rings is 1. The highest BCUT2D eigenvalue weighted by Gasteiger charge is 1.94. The highest BCUT2D eigenvalue weighted by Crippen LogP contribution is 2.19. The smallest absolute Gasteiger partial charge is 0.139 e. The minimum atomic E-state index is 0. The molecule has 0 spiro atoms. The van der Waals surface area contributed by atoms with Crippen LogP contribution in [0.2, 0.25) is 5.02 Å². The first-order valence-electron chi connectivity index (χ1n) is 2.65. The molecular weight excluding hydrogens is 166 g/mol. The predicted molar refractivity (Wildman–Crippen MR) is 48.5 cm³/mol. The zero-order chi connectivity index (χ0) is 6.85. The van der Waals surface area contributed by atoms with Crippen LogP contribution in [-0.2, 0) is 0 Å². The first-order valence-corrected chi connectivity index (χ1v) is 3.03. The van der Waals surface area contributed by atoms with Gasteiger partial charge in [-0.2, -0.15) is 0 Å². The average Bonchev–Trinajstić information content (AvgIpc) is 1.80. The van der Waals surface area contributed by atoms with Gasteiger partial charge >= 0.3 is 0 Å². The number of aromatic hydroxyl groups is 1. The lowest BCUT2D eigenvalue weighted by molar-refractivity contribution is 0.476. The Morgan fingerprint density at radius 1 is 1.27 bits per heavy atom. The molecule has 5 heteroatoms. The molecule has 0 atom stereocenters. The number of hydrogen-bond donors (Lipinski definition) is 1. The molecule has 0 saturated carbocycles. The number of hydrogen-bond acceptors (Lipinski definition) is 1. The third-order valence-corrected chi connectivity index (χ3v) is 1.41. The largest absolute Gasteiger partial charge is 0.506 e. The van der Waals surface area contributed by atoms with Gasteiger partial charge in [-0.1, -0.05) is 23.1 Å². The molecule has 1 rings (SSSR count). The van der Waals surface area contributed by atoms with Gasteiger partial charge in [0.2, 0.25) is 0 Å². The highest BCUT2D eigenvalue weighted by molar-refractivity contribution is 6.36. The van der Waals surface area contributed by atoms with Crippen LogP contribution < -0.4 is 5.46 Å². The van der Waals surface area contributed by atoms with Crippen molar-refractivity contribution in [2.75, 3.05) is 0 Å². The van der Waals surface area contributed by atoms with Crippen molar-refractivity contribution in [1.29, 1.82) is 0 Å². The van der Waals surface area contributed by atoms with Gasteiger partial charge in [-0.25, -0.2) is 0 Å². The second-order valence-corrected chi connectivity index (χ2v) is 2.36. The first kappa shape index (κ1) is 12.9. The Kier molecular flexibility index (Phi) is 5.89. The van der Waals surface area contributed by atoms with Gasteiger partial charge < -0.3 is 16.1 Å². The van der Waals surface area contributed by atoms with Crippen molar-refractivity contribution >= 4 is 24.9 Å². The molecule has 0 fully saturated rings. The number of halogens is 1. The van der Waals surface area contributed by atoms with E-state index in [0.29, 0.717) is 5.02 Å². The van der Waals surface area contributed by atoms with Gasteiger partial charge in [0.15, 0.2) is 0 Å². The van der Waals surface area contributed by atoms with Gasteiger partial charge in [0.05, 0.1) is 5.02 Å². The van der Waals surface area contributed by atoms with Gasteiger partial charge in [-0.05, 0) is 12.1 Å². The lowest BCUT2D eigenvalue weighted by Gasteiger charge is -1.95. The third-order valence-electron chi connectivity index (χ3n) is 1.10. The van der Waals surface area contributed by atoms with E-state index in [0.717, 1.165) is 5.46 Å². The summed E-state index contributed by atoms with van der Waals surface area (Å²) in [7, 11) is 1.92. The molecule has 11 heavy (non-hydrogen) atoms. The van der Waals surface area contributed by atoms with Crippen molar-refractivity contribution in [3.05, 3.63) is 23.2 Å². The molecule has 3 nitrogen and oxygen atoms in total. The van der Waals surface area contributed by atoms with Crippen LogP contribution in [0.4, 0.5) is 0 Å². The van der Waals surface area contributed by atoms with E-state index in [2.05, 4.69) is 0 Å². The Morgan fingerprint density at radius 2 is 1.82 bits per heavy atom. The van der Waals surface area contributed by atoms with E-state index in [1.54, 1.807) is 18.2 Å². The zero-order valence-corrected chi connectivity index (χ0v) is 6.81. The Morgan fingerprint density at radius 3 is 2.18 bits per heavy atom. The number of rotatable bonds is 0. The van der Waals surface area contributed by atoms with Crippen LogP contribution in [0.15, 0.2) is 18.2 Å². The predicted octanol–water partition coefficient (Wildman–Crippen LogP) is -1.35. The minimum absolute atomic E-state index is 0. The van der Waals surface area contributed by atoms with Crippen molar-refractivity contribution in [2.24, 2.45) is 0 Å². The standard InChI is InChI=1S/C6H6BClO.2H2O/c7-4-1-2-6(9)5(8)3-4;;/h1-3,9H,7H2;2*1H2. The summed E-state index contributed by atoms with van der Waals surface area (Å²) in [6.45, 7) is 0. The molecule has 0 amide bonds. The molecule has 0 aromatic heterocycles. The van der Waals surface area contributed by atoms with Crippen LogP contribution in [0, 0.1) is 0 Å². The van der Waals surface area contributed by atoms with Crippen molar-refractivity contribution in [1.82, 2.24) is 0 Å². The van der Waals surface area contributed by atoms with E-state index in [4.69, 9.17) is 16.7 Å². The molecule has 62 valence electrons. The molecular formula is C6H10BClO3. The molecule has 0 bridgehead atoms. The lowest BCUT2D eigenvalue weighted by atomic mass is 9.97. The maximum absolute atomic E-state index is 8.91. The second kappa shape index (κ2) is 5.01. The van der Waals surface area contributed by atoms with E-state index in [1.165, 1.54) is 0 Å². The van der Waals surface area contributed by atoms with Gasteiger partial charge in [-0.3, -0.25) is 0 Å². The van der Waals surface area contributed by atoms with E-state index in [9.17, 15) is 0 Å². The SMILES string of the molecule is Bc1ccc(O)c(Cl)c1.O.O. The summed E-state index contributed by atoms with van der Waals surface area (Å²) in [5.74, 6) is 0.141. The summed E-state index contributed by atoms with van der Waals surface area (Å²) in [6, 6.07) is 5.11. The van der Waals surface area contributed by atoms with E-state index < -0.39 is 0 Å². The van der Waals surface area contributed by atoms with Crippen molar-refractivity contribution in [3.63, 3.8) is 0 Å². The lowest BCUT2D eigenvalue weighted by Crippen LogP contribution is -1.98. The van der Waals surface area contributed by atoms with Gasteiger partial charge in [0.25, 0.3) is 0 Å². The quantitative estimate of drug-likeness (QED) is 0.487. The first-order chi connectivity index (χ1) is 4.20. The fourth-order valence-corrected chi connectivity index (χ4v) is 0.847. The van der Waals surface area contributed by atoms with Crippen LogP contribution in [0.3, 0.4) is 0 Å². The van der Waals surface area contributed by atoms with Crippen LogP contribution >= 0.6 is 11.6 Å². The normalized spacial score (nSPS) is 7.73. The highest BCUT2D eigenvalue weighted by atomic mass is 35.5. The van der Waals surface area contributed by atoms with Crippen LogP contribution in [0.5, 0.6) is 5.75 Å².